The lowest BCUT2D eigenvalue weighted by atomic mass is 10.2. The Morgan fingerprint density at radius 3 is 2.78 bits per heavy atom. The molecule has 4 rings (SSSR count). The first-order chi connectivity index (χ1) is 13.1. The fraction of sp³-hybridized carbons (Fsp3) is 0.105. The molecular weight excluding hydrogens is 382 g/mol. The molecule has 8 heteroatoms. The van der Waals surface area contributed by atoms with E-state index in [-0.39, 0.29) is 0 Å². The zero-order chi connectivity index (χ0) is 19.0. The molecule has 0 fully saturated rings. The van der Waals surface area contributed by atoms with Gasteiger partial charge in [-0.25, -0.2) is 4.98 Å². The van der Waals surface area contributed by atoms with Gasteiger partial charge in [0.15, 0.2) is 11.5 Å². The maximum atomic E-state index is 6.34. The van der Waals surface area contributed by atoms with E-state index in [1.54, 1.807) is 11.8 Å². The summed E-state index contributed by atoms with van der Waals surface area (Å²) in [6.45, 7) is 1.99. The van der Waals surface area contributed by atoms with Gasteiger partial charge in [0, 0.05) is 16.0 Å². The quantitative estimate of drug-likeness (QED) is 0.544. The monoisotopic (exact) mass is 397 g/mol. The Balaban J connectivity index is 1.76. The van der Waals surface area contributed by atoms with Crippen molar-refractivity contribution in [1.29, 1.82) is 0 Å². The third kappa shape index (κ3) is 3.15. The van der Waals surface area contributed by atoms with Crippen molar-refractivity contribution in [3.05, 3.63) is 58.4 Å². The van der Waals surface area contributed by atoms with Crippen molar-refractivity contribution >= 4 is 28.8 Å². The average Bonchev–Trinajstić information content (AvgIpc) is 3.28. The minimum Gasteiger partial charge on any atom is -0.494 e. The molecule has 2 heterocycles. The summed E-state index contributed by atoms with van der Waals surface area (Å²) < 4.78 is 7.00. The van der Waals surface area contributed by atoms with Crippen LogP contribution in [0.25, 0.3) is 27.6 Å². The van der Waals surface area contributed by atoms with Crippen LogP contribution in [0.2, 0.25) is 5.02 Å². The molecule has 0 aliphatic heterocycles. The smallest absolute Gasteiger partial charge is 0.165 e. The van der Waals surface area contributed by atoms with Crippen molar-refractivity contribution in [1.82, 2.24) is 20.0 Å². The van der Waals surface area contributed by atoms with Crippen molar-refractivity contribution in [3.8, 4) is 33.4 Å². The molecule has 0 atom stereocenters. The Bertz CT molecular complexity index is 1120. The number of ether oxygens (including phenoxy) is 1. The first-order valence-electron chi connectivity index (χ1n) is 8.15. The van der Waals surface area contributed by atoms with Crippen LogP contribution in [0.5, 0.6) is 5.75 Å². The van der Waals surface area contributed by atoms with Crippen molar-refractivity contribution in [2.75, 3.05) is 12.8 Å². The molecular formula is C19H16ClN5OS. The lowest BCUT2D eigenvalue weighted by Crippen LogP contribution is -2.04. The molecule has 0 radical (unpaired) electrons. The van der Waals surface area contributed by atoms with Crippen molar-refractivity contribution in [3.63, 3.8) is 0 Å². The number of hydrogen-bond donors (Lipinski definition) is 1. The number of benzene rings is 2. The fourth-order valence-electron chi connectivity index (χ4n) is 2.76. The lowest BCUT2D eigenvalue weighted by Gasteiger charge is -2.10. The van der Waals surface area contributed by atoms with Crippen molar-refractivity contribution in [2.24, 2.45) is 0 Å². The number of anilines is 1. The van der Waals surface area contributed by atoms with E-state index in [9.17, 15) is 0 Å². The summed E-state index contributed by atoms with van der Waals surface area (Å²) >= 11 is 7.72. The standard InChI is InChI=1S/C19H16ClN5OS/c1-11-7-8-16(26-2)15(9-11)25-18(21)17(23-24-25)19-22-14(10-27-19)12-5-3-4-6-13(12)20/h3-10H,21H2,1-2H3. The van der Waals surface area contributed by atoms with E-state index in [1.807, 2.05) is 54.8 Å². The van der Waals surface area contributed by atoms with Crippen LogP contribution >= 0.6 is 22.9 Å². The number of methoxy groups -OCH3 is 1. The van der Waals surface area contributed by atoms with Crippen LogP contribution in [0, 0.1) is 6.92 Å². The summed E-state index contributed by atoms with van der Waals surface area (Å²) in [5.74, 6) is 1.07. The van der Waals surface area contributed by atoms with Crippen LogP contribution in [-0.2, 0) is 0 Å². The second-order valence-electron chi connectivity index (χ2n) is 5.93. The predicted octanol–water partition coefficient (Wildman–Crippen LogP) is 4.61. The molecule has 27 heavy (non-hydrogen) atoms. The molecule has 0 saturated heterocycles. The molecule has 2 N–H and O–H groups in total. The van der Waals surface area contributed by atoms with Gasteiger partial charge in [-0.2, -0.15) is 4.68 Å². The van der Waals surface area contributed by atoms with Gasteiger partial charge in [-0.15, -0.1) is 16.4 Å². The Kier molecular flexibility index (Phi) is 4.55. The fourth-order valence-corrected chi connectivity index (χ4v) is 3.80. The minimum absolute atomic E-state index is 0.402. The zero-order valence-electron chi connectivity index (χ0n) is 14.7. The van der Waals surface area contributed by atoms with Crippen LogP contribution in [0.3, 0.4) is 0 Å². The third-order valence-corrected chi connectivity index (χ3v) is 5.30. The highest BCUT2D eigenvalue weighted by atomic mass is 35.5. The van der Waals surface area contributed by atoms with E-state index in [4.69, 9.17) is 22.1 Å². The van der Waals surface area contributed by atoms with Gasteiger partial charge in [0.1, 0.15) is 16.4 Å². The van der Waals surface area contributed by atoms with E-state index in [2.05, 4.69) is 15.3 Å². The van der Waals surface area contributed by atoms with Gasteiger partial charge < -0.3 is 10.5 Å². The summed E-state index contributed by atoms with van der Waals surface area (Å²) in [5, 5.41) is 11.7. The lowest BCUT2D eigenvalue weighted by molar-refractivity contribution is 0.411. The number of thiazole rings is 1. The Hall–Kier alpha value is -2.90. The summed E-state index contributed by atoms with van der Waals surface area (Å²) in [6, 6.07) is 13.4. The summed E-state index contributed by atoms with van der Waals surface area (Å²) in [7, 11) is 1.61. The zero-order valence-corrected chi connectivity index (χ0v) is 16.3. The largest absolute Gasteiger partial charge is 0.494 e. The minimum atomic E-state index is 0.402. The first-order valence-corrected chi connectivity index (χ1v) is 9.41. The first kappa shape index (κ1) is 17.5. The maximum absolute atomic E-state index is 6.34. The maximum Gasteiger partial charge on any atom is 0.165 e. The molecule has 136 valence electrons. The number of nitrogens with two attached hydrogens (primary N) is 1. The third-order valence-electron chi connectivity index (χ3n) is 4.12. The molecule has 2 aromatic carbocycles. The molecule has 0 unspecified atom stereocenters. The molecule has 0 spiro atoms. The summed E-state index contributed by atoms with van der Waals surface area (Å²) in [4.78, 5) is 4.65. The Morgan fingerprint density at radius 1 is 1.19 bits per heavy atom. The van der Waals surface area contributed by atoms with Gasteiger partial charge in [-0.3, -0.25) is 0 Å². The van der Waals surface area contributed by atoms with Crippen LogP contribution in [0.15, 0.2) is 47.8 Å². The second-order valence-corrected chi connectivity index (χ2v) is 7.19. The van der Waals surface area contributed by atoms with Crippen LogP contribution < -0.4 is 10.5 Å². The van der Waals surface area contributed by atoms with E-state index in [0.717, 1.165) is 22.5 Å². The SMILES string of the molecule is COc1ccc(C)cc1-n1nnc(-c2nc(-c3ccccc3Cl)cs2)c1N. The van der Waals surface area contributed by atoms with Gasteiger partial charge >= 0.3 is 0 Å². The Morgan fingerprint density at radius 2 is 2.00 bits per heavy atom. The molecule has 4 aromatic rings. The highest BCUT2D eigenvalue weighted by Crippen LogP contribution is 2.35. The van der Waals surface area contributed by atoms with Crippen LogP contribution in [0.4, 0.5) is 5.82 Å². The van der Waals surface area contributed by atoms with E-state index < -0.39 is 0 Å². The van der Waals surface area contributed by atoms with Gasteiger partial charge in [-0.05, 0) is 30.7 Å². The molecule has 0 aliphatic carbocycles. The van der Waals surface area contributed by atoms with Crippen molar-refractivity contribution in [2.45, 2.75) is 6.92 Å². The molecule has 0 amide bonds. The van der Waals surface area contributed by atoms with Crippen LogP contribution in [-0.4, -0.2) is 27.1 Å². The highest BCUT2D eigenvalue weighted by molar-refractivity contribution is 7.13. The van der Waals surface area contributed by atoms with E-state index in [0.29, 0.717) is 27.3 Å². The molecule has 0 saturated carbocycles. The number of halogens is 1. The Labute approximate surface area is 165 Å². The van der Waals surface area contributed by atoms with Crippen LogP contribution in [0.1, 0.15) is 5.56 Å². The van der Waals surface area contributed by atoms with Gasteiger partial charge in [0.05, 0.1) is 12.8 Å². The van der Waals surface area contributed by atoms with Gasteiger partial charge in [0.2, 0.25) is 0 Å². The van der Waals surface area contributed by atoms with Gasteiger partial charge in [0.25, 0.3) is 0 Å². The molecule has 6 nitrogen and oxygen atoms in total. The number of rotatable bonds is 4. The van der Waals surface area contributed by atoms with Gasteiger partial charge in [-0.1, -0.05) is 41.1 Å². The second kappa shape index (κ2) is 7.02. The number of nitrogens with zero attached hydrogens (tertiary/aromatic N) is 4. The molecule has 0 bridgehead atoms. The molecule has 2 aromatic heterocycles. The normalized spacial score (nSPS) is 10.9. The number of aromatic nitrogens is 4. The summed E-state index contributed by atoms with van der Waals surface area (Å²) in [6.07, 6.45) is 0. The predicted molar refractivity (Wildman–Crippen MR) is 109 cm³/mol. The average molecular weight is 398 g/mol. The summed E-state index contributed by atoms with van der Waals surface area (Å²) in [5.41, 5.74) is 10.3. The van der Waals surface area contributed by atoms with Crippen molar-refractivity contribution < 1.29 is 4.74 Å². The molecule has 0 aliphatic rings. The number of aryl methyl sites for hydroxylation is 1. The van der Waals surface area contributed by atoms with E-state index in [1.165, 1.54) is 11.3 Å². The topological polar surface area (TPSA) is 78.8 Å². The number of nitrogen functional groups attached to an aromatic ring is 1. The van der Waals surface area contributed by atoms with E-state index >= 15 is 0 Å². The number of hydrogen-bond acceptors (Lipinski definition) is 6. The highest BCUT2D eigenvalue weighted by Gasteiger charge is 2.19.